The Morgan fingerprint density at radius 1 is 1.33 bits per heavy atom. The van der Waals surface area contributed by atoms with Crippen molar-refractivity contribution in [2.24, 2.45) is 10.9 Å². The largest absolute Gasteiger partial charge is 0.299 e. The van der Waals surface area contributed by atoms with E-state index in [4.69, 9.17) is 0 Å². The average Bonchev–Trinajstić information content (AvgIpc) is 2.29. The number of allylic oxidation sites excluding steroid dienone is 2. The second-order valence-electron chi connectivity index (χ2n) is 3.12. The lowest BCUT2D eigenvalue weighted by atomic mass is 9.90. The normalized spacial score (nSPS) is 33.2. The summed E-state index contributed by atoms with van der Waals surface area (Å²) in [6.45, 7) is 0. The summed E-state index contributed by atoms with van der Waals surface area (Å²) >= 11 is 0. The molecule has 2 rings (SSSR count). The minimum absolute atomic E-state index is 0.00810. The zero-order chi connectivity index (χ0) is 8.39. The van der Waals surface area contributed by atoms with Gasteiger partial charge in [-0.2, -0.15) is 0 Å². The predicted octanol–water partition coefficient (Wildman–Crippen LogP) is 1.53. The molecule has 0 aromatic heterocycles. The van der Waals surface area contributed by atoms with Gasteiger partial charge < -0.3 is 0 Å². The lowest BCUT2D eigenvalue weighted by Crippen LogP contribution is -2.23. The number of hydrogen-bond donors (Lipinski definition) is 0. The lowest BCUT2D eigenvalue weighted by Gasteiger charge is -2.16. The van der Waals surface area contributed by atoms with E-state index >= 15 is 0 Å². The van der Waals surface area contributed by atoms with Crippen molar-refractivity contribution < 1.29 is 4.79 Å². The van der Waals surface area contributed by atoms with Crippen molar-refractivity contribution in [1.82, 2.24) is 0 Å². The van der Waals surface area contributed by atoms with Crippen LogP contribution in [0.15, 0.2) is 29.3 Å². The molecule has 1 aliphatic heterocycles. The number of nitrogens with zero attached hydrogens (tertiary/aromatic N) is 1. The number of ketones is 1. The van der Waals surface area contributed by atoms with E-state index in [9.17, 15) is 4.79 Å². The Morgan fingerprint density at radius 2 is 2.17 bits per heavy atom. The Kier molecular flexibility index (Phi) is 1.90. The van der Waals surface area contributed by atoms with Crippen molar-refractivity contribution in [1.29, 1.82) is 0 Å². The number of carbonyl (C=O) groups is 1. The Morgan fingerprint density at radius 3 is 3.08 bits per heavy atom. The zero-order valence-electron chi connectivity index (χ0n) is 6.81. The van der Waals surface area contributed by atoms with Crippen LogP contribution in [0, 0.1) is 5.92 Å². The maximum Gasteiger partial charge on any atom is 0.142 e. The van der Waals surface area contributed by atoms with Gasteiger partial charge in [0.1, 0.15) is 5.78 Å². The molecule has 0 amide bonds. The van der Waals surface area contributed by atoms with Crippen LogP contribution in [0.3, 0.4) is 0 Å². The average molecular weight is 161 g/mol. The van der Waals surface area contributed by atoms with Gasteiger partial charge in [-0.25, -0.2) is 0 Å². The molecule has 0 saturated heterocycles. The van der Waals surface area contributed by atoms with Gasteiger partial charge in [-0.1, -0.05) is 24.3 Å². The van der Waals surface area contributed by atoms with Gasteiger partial charge in [0.15, 0.2) is 0 Å². The fourth-order valence-corrected chi connectivity index (χ4v) is 1.61. The summed E-state index contributed by atoms with van der Waals surface area (Å²) in [6.07, 6.45) is 11.1. The highest BCUT2D eigenvalue weighted by Gasteiger charge is 2.25. The number of hydrogen-bond acceptors (Lipinski definition) is 2. The van der Waals surface area contributed by atoms with E-state index in [0.29, 0.717) is 12.2 Å². The van der Waals surface area contributed by atoms with Gasteiger partial charge in [0.05, 0.1) is 12.0 Å². The molecule has 1 heterocycles. The SMILES string of the molecule is O=C1CCC=NC2C=CC=CC12. The highest BCUT2D eigenvalue weighted by atomic mass is 16.1. The first kappa shape index (κ1) is 7.47. The Hall–Kier alpha value is -1.18. The second kappa shape index (κ2) is 3.05. The smallest absolute Gasteiger partial charge is 0.142 e. The Labute approximate surface area is 71.7 Å². The molecule has 2 unspecified atom stereocenters. The molecule has 0 bridgehead atoms. The van der Waals surface area contributed by atoms with E-state index < -0.39 is 0 Å². The van der Waals surface area contributed by atoms with Crippen LogP contribution >= 0.6 is 0 Å². The molecule has 0 spiro atoms. The van der Waals surface area contributed by atoms with Crippen molar-refractivity contribution >= 4 is 12.0 Å². The molecule has 2 nitrogen and oxygen atoms in total. The van der Waals surface area contributed by atoms with Crippen LogP contribution in [0.4, 0.5) is 0 Å². The highest BCUT2D eigenvalue weighted by molar-refractivity contribution is 5.87. The summed E-state index contributed by atoms with van der Waals surface area (Å²) in [4.78, 5) is 15.8. The summed E-state index contributed by atoms with van der Waals surface area (Å²) in [5.41, 5.74) is 0. The number of rotatable bonds is 0. The summed E-state index contributed by atoms with van der Waals surface area (Å²) in [5.74, 6) is 0.326. The minimum atomic E-state index is 0.00810. The van der Waals surface area contributed by atoms with Gasteiger partial charge in [-0.3, -0.25) is 9.79 Å². The first-order valence-corrected chi connectivity index (χ1v) is 4.27. The quantitative estimate of drug-likeness (QED) is 0.529. The van der Waals surface area contributed by atoms with Gasteiger partial charge in [0.25, 0.3) is 0 Å². The maximum absolute atomic E-state index is 11.5. The maximum atomic E-state index is 11.5. The molecule has 2 heteroatoms. The third-order valence-electron chi connectivity index (χ3n) is 2.27. The van der Waals surface area contributed by atoms with Crippen molar-refractivity contribution in [3.05, 3.63) is 24.3 Å². The Balaban J connectivity index is 2.27. The monoisotopic (exact) mass is 161 g/mol. The zero-order valence-corrected chi connectivity index (χ0v) is 6.81. The third-order valence-corrected chi connectivity index (χ3v) is 2.27. The fraction of sp³-hybridized carbons (Fsp3) is 0.400. The first-order valence-electron chi connectivity index (χ1n) is 4.27. The van der Waals surface area contributed by atoms with Gasteiger partial charge in [0.2, 0.25) is 0 Å². The van der Waals surface area contributed by atoms with Crippen LogP contribution in [0.1, 0.15) is 12.8 Å². The molecule has 12 heavy (non-hydrogen) atoms. The van der Waals surface area contributed by atoms with Crippen molar-refractivity contribution in [2.45, 2.75) is 18.9 Å². The molecule has 0 fully saturated rings. The van der Waals surface area contributed by atoms with Gasteiger partial charge in [-0.05, 0) is 12.6 Å². The molecular formula is C10H11NO. The summed E-state index contributed by atoms with van der Waals surface area (Å²) in [5, 5.41) is 0. The fourth-order valence-electron chi connectivity index (χ4n) is 1.61. The van der Waals surface area contributed by atoms with Crippen LogP contribution in [0.25, 0.3) is 0 Å². The summed E-state index contributed by atoms with van der Waals surface area (Å²) < 4.78 is 0. The number of aliphatic imine (C=N–C) groups is 1. The molecular weight excluding hydrogens is 150 g/mol. The molecule has 1 aliphatic carbocycles. The van der Waals surface area contributed by atoms with Crippen LogP contribution in [-0.2, 0) is 4.79 Å². The second-order valence-corrected chi connectivity index (χ2v) is 3.12. The molecule has 62 valence electrons. The van der Waals surface area contributed by atoms with Crippen molar-refractivity contribution in [3.8, 4) is 0 Å². The van der Waals surface area contributed by atoms with Crippen LogP contribution in [0.2, 0.25) is 0 Å². The van der Waals surface area contributed by atoms with Crippen molar-refractivity contribution in [3.63, 3.8) is 0 Å². The molecule has 0 aromatic carbocycles. The van der Waals surface area contributed by atoms with Crippen LogP contribution in [-0.4, -0.2) is 18.0 Å². The van der Waals surface area contributed by atoms with Crippen molar-refractivity contribution in [2.75, 3.05) is 0 Å². The van der Waals surface area contributed by atoms with Gasteiger partial charge in [0, 0.05) is 6.42 Å². The molecule has 2 atom stereocenters. The summed E-state index contributed by atoms with van der Waals surface area (Å²) in [6, 6.07) is 0.0741. The number of Topliss-reactive ketones (excluding diaryl/α,β-unsaturated/α-hetero) is 1. The van der Waals surface area contributed by atoms with E-state index in [2.05, 4.69) is 4.99 Å². The molecule has 0 aromatic rings. The van der Waals surface area contributed by atoms with E-state index in [1.807, 2.05) is 30.5 Å². The lowest BCUT2D eigenvalue weighted by molar-refractivity contribution is -0.121. The van der Waals surface area contributed by atoms with E-state index in [1.54, 1.807) is 0 Å². The molecule has 2 aliphatic rings. The summed E-state index contributed by atoms with van der Waals surface area (Å²) in [7, 11) is 0. The topological polar surface area (TPSA) is 29.4 Å². The van der Waals surface area contributed by atoms with Gasteiger partial charge >= 0.3 is 0 Å². The van der Waals surface area contributed by atoms with E-state index in [0.717, 1.165) is 6.42 Å². The Bertz CT molecular complexity index is 276. The molecule has 0 saturated carbocycles. The standard InChI is InChI=1S/C10H11NO/c12-10-6-3-7-11-9-5-2-1-4-8(9)10/h1-2,4-5,7-9H,3,6H2. The number of carbonyl (C=O) groups excluding carboxylic acids is 1. The van der Waals surface area contributed by atoms with E-state index in [-0.39, 0.29) is 12.0 Å². The third kappa shape index (κ3) is 1.24. The van der Waals surface area contributed by atoms with Gasteiger partial charge in [-0.15, -0.1) is 0 Å². The predicted molar refractivity (Wildman–Crippen MR) is 48.3 cm³/mol. The minimum Gasteiger partial charge on any atom is -0.299 e. The highest BCUT2D eigenvalue weighted by Crippen LogP contribution is 2.20. The molecule has 0 N–H and O–H groups in total. The van der Waals surface area contributed by atoms with E-state index in [1.165, 1.54) is 0 Å². The molecule has 0 radical (unpaired) electrons. The van der Waals surface area contributed by atoms with Crippen LogP contribution < -0.4 is 0 Å². The van der Waals surface area contributed by atoms with Crippen LogP contribution in [0.5, 0.6) is 0 Å². The number of fused-ring (bicyclic) bond motifs is 1. The first-order chi connectivity index (χ1) is 5.88.